The van der Waals surface area contributed by atoms with E-state index in [9.17, 15) is 22.8 Å². The molecule has 1 aromatic heterocycles. The second kappa shape index (κ2) is 12.3. The van der Waals surface area contributed by atoms with Crippen LogP contribution >= 0.6 is 0 Å². The highest BCUT2D eigenvalue weighted by Gasteiger charge is 2.30. The summed E-state index contributed by atoms with van der Waals surface area (Å²) in [6.07, 6.45) is -2.39. The minimum atomic E-state index is -4.40. The van der Waals surface area contributed by atoms with Crippen LogP contribution < -0.4 is 10.1 Å². The van der Waals surface area contributed by atoms with E-state index in [0.717, 1.165) is 23.3 Å². The quantitative estimate of drug-likeness (QED) is 0.297. The third-order valence-corrected chi connectivity index (χ3v) is 6.00. The fourth-order valence-corrected chi connectivity index (χ4v) is 4.01. The van der Waals surface area contributed by atoms with Gasteiger partial charge in [-0.15, -0.1) is 0 Å². The highest BCUT2D eigenvalue weighted by molar-refractivity contribution is 5.94. The molecule has 0 aliphatic carbocycles. The highest BCUT2D eigenvalue weighted by Crippen LogP contribution is 2.35. The van der Waals surface area contributed by atoms with E-state index >= 15 is 0 Å². The predicted molar refractivity (Wildman–Crippen MR) is 142 cm³/mol. The Bertz CT molecular complexity index is 1280. The van der Waals surface area contributed by atoms with Crippen LogP contribution in [0, 0.1) is 12.3 Å². The molecule has 0 aliphatic heterocycles. The number of amides is 1. The molecule has 1 N–H and O–H groups in total. The number of pyridine rings is 1. The Kier molecular flexibility index (Phi) is 9.37. The first kappa shape index (κ1) is 29.7. The van der Waals surface area contributed by atoms with E-state index in [1.807, 2.05) is 25.1 Å². The number of esters is 1. The average Bonchev–Trinajstić information content (AvgIpc) is 2.87. The molecule has 1 heterocycles. The lowest BCUT2D eigenvalue weighted by atomic mass is 9.86. The first-order chi connectivity index (χ1) is 18.3. The number of aromatic nitrogens is 1. The van der Waals surface area contributed by atoms with Crippen LogP contribution in [-0.4, -0.2) is 30.5 Å². The number of rotatable bonds is 9. The number of nitrogens with zero attached hydrogens (tertiary/aromatic N) is 1. The number of hydrogen-bond donors (Lipinski definition) is 1. The fraction of sp³-hybridized carbons (Fsp3) is 0.367. The zero-order chi connectivity index (χ0) is 28.8. The zero-order valence-corrected chi connectivity index (χ0v) is 22.7. The Morgan fingerprint density at radius 3 is 2.18 bits per heavy atom. The Balaban J connectivity index is 1.76. The standard InChI is InChI=1S/C30H33F3N2O4/c1-19-16-24(18-35-27(19)21-10-12-23(13-11-21)30(31,32)33)39-25(17-29(2,3)4)20-6-8-22(9-7-20)28(37)34-15-14-26(36)38-5/h6-13,16,18,25H,14-15,17H2,1-5H3,(H,34,37). The van der Waals surface area contributed by atoms with E-state index in [1.54, 1.807) is 18.3 Å². The number of aryl methyl sites for hydroxylation is 1. The maximum absolute atomic E-state index is 12.9. The van der Waals surface area contributed by atoms with Gasteiger partial charge < -0.3 is 14.8 Å². The van der Waals surface area contributed by atoms with Crippen molar-refractivity contribution in [2.45, 2.75) is 52.8 Å². The number of benzene rings is 2. The van der Waals surface area contributed by atoms with Gasteiger partial charge in [0.05, 0.1) is 31.0 Å². The van der Waals surface area contributed by atoms with Gasteiger partial charge in [0.1, 0.15) is 11.9 Å². The molecule has 0 spiro atoms. The summed E-state index contributed by atoms with van der Waals surface area (Å²) in [6, 6.07) is 13.8. The molecule has 0 saturated carbocycles. The van der Waals surface area contributed by atoms with Crippen molar-refractivity contribution in [2.24, 2.45) is 5.41 Å². The number of halogens is 3. The van der Waals surface area contributed by atoms with E-state index in [0.29, 0.717) is 29.0 Å². The summed E-state index contributed by atoms with van der Waals surface area (Å²) in [6.45, 7) is 8.31. The van der Waals surface area contributed by atoms with Gasteiger partial charge in [0.2, 0.25) is 0 Å². The average molecular weight is 543 g/mol. The Hall–Kier alpha value is -3.88. The molecule has 0 aliphatic rings. The predicted octanol–water partition coefficient (Wildman–Crippen LogP) is 6.93. The SMILES string of the molecule is COC(=O)CCNC(=O)c1ccc(C(CC(C)(C)C)Oc2cnc(-c3ccc(C(F)(F)F)cc3)c(C)c2)cc1. The molecule has 3 rings (SSSR count). The lowest BCUT2D eigenvalue weighted by Gasteiger charge is -2.27. The Labute approximate surface area is 226 Å². The molecule has 1 unspecified atom stereocenters. The van der Waals surface area contributed by atoms with Crippen LogP contribution in [0.2, 0.25) is 0 Å². The van der Waals surface area contributed by atoms with Crippen molar-refractivity contribution in [1.29, 1.82) is 0 Å². The highest BCUT2D eigenvalue weighted by atomic mass is 19.4. The number of alkyl halides is 3. The van der Waals surface area contributed by atoms with Gasteiger partial charge in [-0.1, -0.05) is 45.0 Å². The van der Waals surface area contributed by atoms with Gasteiger partial charge in [-0.2, -0.15) is 13.2 Å². The summed E-state index contributed by atoms with van der Waals surface area (Å²) in [5.74, 6) is -0.163. The maximum Gasteiger partial charge on any atom is 0.416 e. The summed E-state index contributed by atoms with van der Waals surface area (Å²) in [4.78, 5) is 28.1. The van der Waals surface area contributed by atoms with Crippen LogP contribution in [0.15, 0.2) is 60.8 Å². The summed E-state index contributed by atoms with van der Waals surface area (Å²) in [5.41, 5.74) is 2.47. The molecule has 6 nitrogen and oxygen atoms in total. The molecular weight excluding hydrogens is 509 g/mol. The lowest BCUT2D eigenvalue weighted by molar-refractivity contribution is -0.140. The van der Waals surface area contributed by atoms with Gasteiger partial charge in [-0.05, 0) is 60.2 Å². The van der Waals surface area contributed by atoms with E-state index in [-0.39, 0.29) is 30.4 Å². The van der Waals surface area contributed by atoms with Gasteiger partial charge in [-0.25, -0.2) is 0 Å². The summed E-state index contributed by atoms with van der Waals surface area (Å²) < 4.78 is 49.7. The molecule has 0 radical (unpaired) electrons. The smallest absolute Gasteiger partial charge is 0.416 e. The first-order valence-electron chi connectivity index (χ1n) is 12.5. The molecule has 208 valence electrons. The fourth-order valence-electron chi connectivity index (χ4n) is 4.01. The van der Waals surface area contributed by atoms with Crippen LogP contribution in [0.1, 0.15) is 66.8 Å². The number of methoxy groups -OCH3 is 1. The Morgan fingerprint density at radius 2 is 1.64 bits per heavy atom. The summed E-state index contributed by atoms with van der Waals surface area (Å²) >= 11 is 0. The lowest BCUT2D eigenvalue weighted by Crippen LogP contribution is -2.26. The van der Waals surface area contributed by atoms with Crippen LogP contribution in [0.4, 0.5) is 13.2 Å². The van der Waals surface area contributed by atoms with Crippen molar-refractivity contribution < 1.29 is 32.2 Å². The minimum absolute atomic E-state index is 0.0722. The first-order valence-corrected chi connectivity index (χ1v) is 12.5. The van der Waals surface area contributed by atoms with E-state index < -0.39 is 17.7 Å². The number of ether oxygens (including phenoxy) is 2. The van der Waals surface area contributed by atoms with Crippen molar-refractivity contribution in [2.75, 3.05) is 13.7 Å². The molecule has 0 saturated heterocycles. The van der Waals surface area contributed by atoms with E-state index in [2.05, 4.69) is 35.8 Å². The third kappa shape index (κ3) is 8.56. The zero-order valence-electron chi connectivity index (χ0n) is 22.7. The molecule has 0 bridgehead atoms. The second-order valence-corrected chi connectivity index (χ2v) is 10.5. The molecule has 1 amide bonds. The number of nitrogens with one attached hydrogen (secondary N) is 1. The molecule has 3 aromatic rings. The molecule has 0 fully saturated rings. The molecule has 2 aromatic carbocycles. The van der Waals surface area contributed by atoms with Crippen molar-refractivity contribution in [3.8, 4) is 17.0 Å². The molecule has 39 heavy (non-hydrogen) atoms. The van der Waals surface area contributed by atoms with Crippen molar-refractivity contribution in [3.05, 3.63) is 83.0 Å². The third-order valence-electron chi connectivity index (χ3n) is 6.00. The number of hydrogen-bond acceptors (Lipinski definition) is 5. The summed E-state index contributed by atoms with van der Waals surface area (Å²) in [5, 5.41) is 2.69. The number of carbonyl (C=O) groups excluding carboxylic acids is 2. The maximum atomic E-state index is 12.9. The minimum Gasteiger partial charge on any atom is -0.484 e. The van der Waals surface area contributed by atoms with Crippen LogP contribution in [0.25, 0.3) is 11.3 Å². The van der Waals surface area contributed by atoms with Gasteiger partial charge in [0.15, 0.2) is 0 Å². The monoisotopic (exact) mass is 542 g/mol. The van der Waals surface area contributed by atoms with Crippen molar-refractivity contribution in [1.82, 2.24) is 10.3 Å². The topological polar surface area (TPSA) is 77.5 Å². The Morgan fingerprint density at radius 1 is 1.00 bits per heavy atom. The summed E-state index contributed by atoms with van der Waals surface area (Å²) in [7, 11) is 1.30. The second-order valence-electron chi connectivity index (χ2n) is 10.5. The van der Waals surface area contributed by atoms with Crippen LogP contribution in [-0.2, 0) is 15.7 Å². The molecule has 9 heteroatoms. The number of carbonyl (C=O) groups is 2. The molecule has 1 atom stereocenters. The van der Waals surface area contributed by atoms with Gasteiger partial charge in [0.25, 0.3) is 5.91 Å². The van der Waals surface area contributed by atoms with Crippen molar-refractivity contribution in [3.63, 3.8) is 0 Å². The largest absolute Gasteiger partial charge is 0.484 e. The normalized spacial score (nSPS) is 12.5. The van der Waals surface area contributed by atoms with Gasteiger partial charge in [0, 0.05) is 17.7 Å². The van der Waals surface area contributed by atoms with E-state index in [1.165, 1.54) is 19.2 Å². The van der Waals surface area contributed by atoms with Gasteiger partial charge in [-0.3, -0.25) is 14.6 Å². The van der Waals surface area contributed by atoms with Crippen LogP contribution in [0.5, 0.6) is 5.75 Å². The van der Waals surface area contributed by atoms with E-state index in [4.69, 9.17) is 4.74 Å². The van der Waals surface area contributed by atoms with Gasteiger partial charge >= 0.3 is 12.1 Å². The molecular formula is C30H33F3N2O4. The van der Waals surface area contributed by atoms with Crippen molar-refractivity contribution >= 4 is 11.9 Å². The van der Waals surface area contributed by atoms with Crippen LogP contribution in [0.3, 0.4) is 0 Å².